The van der Waals surface area contributed by atoms with Gasteiger partial charge in [0.25, 0.3) is 0 Å². The molecule has 0 heterocycles. The number of hydrogen-bond acceptors (Lipinski definition) is 1. The first kappa shape index (κ1) is 24.3. The zero-order valence-electron chi connectivity index (χ0n) is 18.8. The van der Waals surface area contributed by atoms with E-state index < -0.39 is 7.22 Å². The molecule has 5 heteroatoms. The fourth-order valence-electron chi connectivity index (χ4n) is 4.01. The van der Waals surface area contributed by atoms with Gasteiger partial charge in [0.05, 0.1) is 5.02 Å². The van der Waals surface area contributed by atoms with Crippen LogP contribution in [0.4, 0.5) is 4.39 Å². The average molecular weight is 556 g/mol. The van der Waals surface area contributed by atoms with Crippen molar-refractivity contribution in [3.63, 3.8) is 0 Å². The maximum atomic E-state index is 14.8. The molecule has 0 spiro atoms. The van der Waals surface area contributed by atoms with Gasteiger partial charge < -0.3 is 0 Å². The molecule has 0 N–H and O–H groups in total. The van der Waals surface area contributed by atoms with Crippen molar-refractivity contribution >= 4 is 61.5 Å². The predicted octanol–water partition coefficient (Wildman–Crippen LogP) is 7.30. The van der Waals surface area contributed by atoms with Crippen molar-refractivity contribution in [2.75, 3.05) is 0 Å². The summed E-state index contributed by atoms with van der Waals surface area (Å²) in [7, 11) is -2.82. The second kappa shape index (κ2) is 9.79. The standard InChI is InChI=1S/C28H25BrClFSSi/c1-28(2,3)20-14-16-22(17-15-20)32-33(23-10-6-4-7-11-23,24-12-8-5-9-13-24)26-19-21(31)18-25(29)27(26)30/h4-19H,1-3H3. The Kier molecular flexibility index (Phi) is 7.20. The lowest BCUT2D eigenvalue weighted by molar-refractivity contribution is 0.590. The summed E-state index contributed by atoms with van der Waals surface area (Å²) in [6, 6.07) is 32.6. The fourth-order valence-corrected chi connectivity index (χ4v) is 13.2. The first-order chi connectivity index (χ1) is 15.7. The predicted molar refractivity (Wildman–Crippen MR) is 148 cm³/mol. The Bertz CT molecular complexity index is 1200. The Balaban J connectivity index is 2.01. The molecule has 0 amide bonds. The second-order valence-electron chi connectivity index (χ2n) is 9.04. The van der Waals surface area contributed by atoms with E-state index in [0.717, 1.165) is 10.1 Å². The van der Waals surface area contributed by atoms with E-state index in [-0.39, 0.29) is 11.2 Å². The molecule has 168 valence electrons. The summed E-state index contributed by atoms with van der Waals surface area (Å²) in [6.07, 6.45) is 0. The third kappa shape index (κ3) is 5.00. The molecular weight excluding hydrogens is 531 g/mol. The maximum absolute atomic E-state index is 14.8. The normalized spacial score (nSPS) is 12.1. The minimum atomic E-state index is -2.82. The van der Waals surface area contributed by atoms with Gasteiger partial charge in [0.1, 0.15) is 5.82 Å². The van der Waals surface area contributed by atoms with Crippen LogP contribution in [0.25, 0.3) is 0 Å². The van der Waals surface area contributed by atoms with Crippen molar-refractivity contribution in [3.8, 4) is 0 Å². The van der Waals surface area contributed by atoms with E-state index >= 15 is 0 Å². The van der Waals surface area contributed by atoms with Gasteiger partial charge in [-0.2, -0.15) is 0 Å². The molecule has 0 aliphatic rings. The highest BCUT2D eigenvalue weighted by atomic mass is 79.9. The summed E-state index contributed by atoms with van der Waals surface area (Å²) in [4.78, 5) is 1.14. The highest BCUT2D eigenvalue weighted by Gasteiger charge is 2.43. The summed E-state index contributed by atoms with van der Waals surface area (Å²) in [5.74, 6) is -0.298. The largest absolute Gasteiger partial charge is 0.216 e. The zero-order valence-corrected chi connectivity index (χ0v) is 22.9. The molecule has 0 aliphatic carbocycles. The molecule has 0 unspecified atom stereocenters. The maximum Gasteiger partial charge on any atom is 0.216 e. The number of rotatable bonds is 5. The highest BCUT2D eigenvalue weighted by molar-refractivity contribution is 9.10. The van der Waals surface area contributed by atoms with Crippen molar-refractivity contribution in [1.82, 2.24) is 0 Å². The summed E-state index contributed by atoms with van der Waals surface area (Å²) < 4.78 is 15.4. The van der Waals surface area contributed by atoms with Crippen LogP contribution in [0.3, 0.4) is 0 Å². The summed E-state index contributed by atoms with van der Waals surface area (Å²) in [6.45, 7) is 6.64. The SMILES string of the molecule is CC(C)(C)c1ccc(S[Si](c2ccccc2)(c2ccccc2)c2cc(F)cc(Br)c2Cl)cc1. The van der Waals surface area contributed by atoms with Crippen LogP contribution in [-0.2, 0) is 5.41 Å². The third-order valence-corrected chi connectivity index (χ3v) is 15.1. The van der Waals surface area contributed by atoms with E-state index in [4.69, 9.17) is 11.6 Å². The Morgan fingerprint density at radius 3 is 1.79 bits per heavy atom. The lowest BCUT2D eigenvalue weighted by Gasteiger charge is -2.34. The topological polar surface area (TPSA) is 0 Å². The smallest absolute Gasteiger partial charge is 0.207 e. The van der Waals surface area contributed by atoms with Crippen LogP contribution in [0.2, 0.25) is 5.02 Å². The summed E-state index contributed by atoms with van der Waals surface area (Å²) in [5.41, 5.74) is 1.36. The first-order valence-corrected chi connectivity index (χ1v) is 15.5. The minimum Gasteiger partial charge on any atom is -0.207 e. The van der Waals surface area contributed by atoms with Crippen LogP contribution in [0.5, 0.6) is 0 Å². The van der Waals surface area contributed by atoms with Gasteiger partial charge in [-0.3, -0.25) is 0 Å². The molecule has 4 rings (SSSR count). The number of benzene rings is 4. The van der Waals surface area contributed by atoms with E-state index in [1.807, 2.05) is 47.6 Å². The van der Waals surface area contributed by atoms with Gasteiger partial charge in [-0.1, -0.05) is 105 Å². The van der Waals surface area contributed by atoms with Crippen molar-refractivity contribution < 1.29 is 4.39 Å². The molecule has 0 fully saturated rings. The molecule has 4 aromatic rings. The minimum absolute atomic E-state index is 0.0767. The van der Waals surface area contributed by atoms with Gasteiger partial charge >= 0.3 is 0 Å². The molecule has 0 nitrogen and oxygen atoms in total. The fraction of sp³-hybridized carbons (Fsp3) is 0.143. The number of halogens is 3. The van der Waals surface area contributed by atoms with E-state index in [1.165, 1.54) is 22.0 Å². The Morgan fingerprint density at radius 1 is 0.788 bits per heavy atom. The monoisotopic (exact) mass is 554 g/mol. The van der Waals surface area contributed by atoms with Gasteiger partial charge in [-0.15, -0.1) is 11.2 Å². The van der Waals surface area contributed by atoms with E-state index in [2.05, 4.69) is 85.2 Å². The Labute approximate surface area is 214 Å². The average Bonchev–Trinajstić information content (AvgIpc) is 2.81. The van der Waals surface area contributed by atoms with Gasteiger partial charge in [0.15, 0.2) is 0 Å². The Morgan fingerprint density at radius 2 is 1.30 bits per heavy atom. The highest BCUT2D eigenvalue weighted by Crippen LogP contribution is 2.35. The second-order valence-corrected chi connectivity index (χ2v) is 16.5. The molecule has 33 heavy (non-hydrogen) atoms. The molecule has 0 saturated carbocycles. The molecule has 0 saturated heterocycles. The summed E-state index contributed by atoms with van der Waals surface area (Å²) >= 11 is 12.2. The lowest BCUT2D eigenvalue weighted by Crippen LogP contribution is -2.65. The number of hydrogen-bond donors (Lipinski definition) is 0. The van der Waals surface area contributed by atoms with E-state index in [9.17, 15) is 4.39 Å². The van der Waals surface area contributed by atoms with Crippen molar-refractivity contribution in [1.29, 1.82) is 0 Å². The van der Waals surface area contributed by atoms with Crippen LogP contribution in [-0.4, -0.2) is 7.22 Å². The molecule has 0 bridgehead atoms. The van der Waals surface area contributed by atoms with Crippen molar-refractivity contribution in [2.45, 2.75) is 31.1 Å². The third-order valence-electron chi connectivity index (χ3n) is 5.72. The van der Waals surface area contributed by atoms with E-state index in [1.54, 1.807) is 6.07 Å². The molecule has 0 aromatic heterocycles. The molecule has 0 atom stereocenters. The zero-order chi connectivity index (χ0) is 23.6. The summed E-state index contributed by atoms with van der Waals surface area (Å²) in [5, 5.41) is 3.74. The van der Waals surface area contributed by atoms with E-state index in [0.29, 0.717) is 9.50 Å². The first-order valence-electron chi connectivity index (χ1n) is 10.8. The van der Waals surface area contributed by atoms with Crippen LogP contribution in [0.1, 0.15) is 26.3 Å². The quantitative estimate of drug-likeness (QED) is 0.141. The van der Waals surface area contributed by atoms with Gasteiger partial charge in [-0.05, 0) is 66.7 Å². The molecular formula is C28H25BrClFSSi. The molecule has 0 radical (unpaired) electrons. The van der Waals surface area contributed by atoms with Gasteiger partial charge in [0, 0.05) is 9.37 Å². The molecule has 4 aromatic carbocycles. The molecule has 0 aliphatic heterocycles. The van der Waals surface area contributed by atoms with Gasteiger partial charge in [-0.25, -0.2) is 4.39 Å². The van der Waals surface area contributed by atoms with Crippen LogP contribution in [0, 0.1) is 5.82 Å². The van der Waals surface area contributed by atoms with Gasteiger partial charge in [0.2, 0.25) is 7.22 Å². The van der Waals surface area contributed by atoms with Crippen molar-refractivity contribution in [2.24, 2.45) is 0 Å². The van der Waals surface area contributed by atoms with Crippen LogP contribution < -0.4 is 15.6 Å². The van der Waals surface area contributed by atoms with Crippen LogP contribution >= 0.6 is 38.7 Å². The Hall–Kier alpha value is -1.85. The lowest BCUT2D eigenvalue weighted by atomic mass is 9.87. The van der Waals surface area contributed by atoms with Crippen LogP contribution in [0.15, 0.2) is 106 Å². The van der Waals surface area contributed by atoms with Crippen molar-refractivity contribution in [3.05, 3.63) is 118 Å².